The van der Waals surface area contributed by atoms with Gasteiger partial charge in [-0.2, -0.15) is 5.43 Å². The first-order valence-corrected chi connectivity index (χ1v) is 9.24. The molecule has 10 nitrogen and oxygen atoms in total. The van der Waals surface area contributed by atoms with Crippen LogP contribution in [0.5, 0.6) is 5.75 Å². The van der Waals surface area contributed by atoms with E-state index in [-0.39, 0.29) is 18.1 Å². The van der Waals surface area contributed by atoms with Crippen LogP contribution in [0.3, 0.4) is 0 Å². The van der Waals surface area contributed by atoms with Gasteiger partial charge in [0, 0.05) is 30.5 Å². The number of likely N-dealkylation sites (tertiary alicyclic amines) is 1. The molecule has 0 aliphatic carbocycles. The molecule has 3 aliphatic heterocycles. The van der Waals surface area contributed by atoms with E-state index in [1.165, 1.54) is 7.11 Å². The summed E-state index contributed by atoms with van der Waals surface area (Å²) in [6, 6.07) is 2.02. The van der Waals surface area contributed by atoms with E-state index < -0.39 is 0 Å². The van der Waals surface area contributed by atoms with Crippen molar-refractivity contribution in [2.45, 2.75) is 32.0 Å². The zero-order valence-electron chi connectivity index (χ0n) is 15.8. The molecule has 2 atom stereocenters. The molecule has 2 amide bonds. The van der Waals surface area contributed by atoms with Gasteiger partial charge in [0.15, 0.2) is 18.3 Å². The standard InChI is InChI=1S/C18H24N6O4/c1-12-4-3-7-22(12)18(26)14-9-15-17(20-14)23(11-28-15)13-5-6-19-16(8-13)21-24(10-25)27-2/h5-6,8-10,12,16,19-21H,3-4,7,11H2,1-2H3/t12-,16?/m1/s1. The average Bonchev–Trinajstić information content (AvgIpc) is 3.41. The number of hydrazine groups is 1. The van der Waals surface area contributed by atoms with E-state index in [1.54, 1.807) is 12.3 Å². The molecule has 4 rings (SSSR count). The quantitative estimate of drug-likeness (QED) is 0.486. The van der Waals surface area contributed by atoms with Crippen molar-refractivity contribution in [3.05, 3.63) is 35.8 Å². The molecule has 1 unspecified atom stereocenters. The first-order chi connectivity index (χ1) is 13.6. The Labute approximate surface area is 162 Å². The van der Waals surface area contributed by atoms with Gasteiger partial charge in [-0.05, 0) is 31.9 Å². The summed E-state index contributed by atoms with van der Waals surface area (Å²) in [6.45, 7) is 3.19. The van der Waals surface area contributed by atoms with Gasteiger partial charge in [-0.1, -0.05) is 0 Å². The number of hydrogen-bond donors (Lipinski definition) is 3. The molecular formula is C18H24N6O4. The zero-order valence-corrected chi connectivity index (χ0v) is 15.8. The van der Waals surface area contributed by atoms with Gasteiger partial charge in [-0.3, -0.25) is 19.3 Å². The van der Waals surface area contributed by atoms with Crippen LogP contribution in [0.2, 0.25) is 0 Å². The topological polar surface area (TPSA) is 102 Å². The van der Waals surface area contributed by atoms with Crippen molar-refractivity contribution >= 4 is 18.1 Å². The number of aromatic nitrogens is 1. The Balaban J connectivity index is 1.52. The minimum absolute atomic E-state index is 0.000884. The number of carbonyl (C=O) groups excluding carboxylic acids is 2. The highest BCUT2D eigenvalue weighted by Gasteiger charge is 2.32. The van der Waals surface area contributed by atoms with Crippen LogP contribution < -0.4 is 20.4 Å². The largest absolute Gasteiger partial charge is 0.469 e. The number of fused-ring (bicyclic) bond motifs is 1. The van der Waals surface area contributed by atoms with Crippen molar-refractivity contribution in [1.82, 2.24) is 25.8 Å². The predicted molar refractivity (Wildman–Crippen MR) is 101 cm³/mol. The number of amides is 2. The first kappa shape index (κ1) is 18.4. The third-order valence-electron chi connectivity index (χ3n) is 5.16. The first-order valence-electron chi connectivity index (χ1n) is 9.24. The van der Waals surface area contributed by atoms with Crippen LogP contribution in [0.1, 0.15) is 30.3 Å². The molecule has 1 aromatic rings. The molecule has 4 heterocycles. The molecule has 3 aliphatic rings. The molecule has 3 N–H and O–H groups in total. The van der Waals surface area contributed by atoms with Gasteiger partial charge in [-0.25, -0.2) is 0 Å². The van der Waals surface area contributed by atoms with E-state index in [4.69, 9.17) is 9.57 Å². The highest BCUT2D eigenvalue weighted by molar-refractivity contribution is 5.95. The van der Waals surface area contributed by atoms with Gasteiger partial charge in [0.05, 0.1) is 7.11 Å². The highest BCUT2D eigenvalue weighted by atomic mass is 16.7. The predicted octanol–water partition coefficient (Wildman–Crippen LogP) is 0.647. The van der Waals surface area contributed by atoms with Crippen LogP contribution in [0, 0.1) is 0 Å². The van der Waals surface area contributed by atoms with Gasteiger partial charge in [-0.15, -0.1) is 5.17 Å². The summed E-state index contributed by atoms with van der Waals surface area (Å²) in [4.78, 5) is 35.6. The van der Waals surface area contributed by atoms with Gasteiger partial charge < -0.3 is 19.9 Å². The number of aromatic amines is 1. The SMILES string of the molecule is CON(C=O)NC1C=C(N2COc3cc(C(=O)N4CCC[C@H]4C)[nH]c32)C=CN1. The number of anilines is 1. The van der Waals surface area contributed by atoms with E-state index >= 15 is 0 Å². The maximum atomic E-state index is 12.8. The number of hydrogen-bond acceptors (Lipinski definition) is 7. The Morgan fingerprint density at radius 2 is 2.36 bits per heavy atom. The molecule has 0 bridgehead atoms. The second kappa shape index (κ2) is 7.56. The Kier molecular flexibility index (Phi) is 4.97. The summed E-state index contributed by atoms with van der Waals surface area (Å²) < 4.78 is 5.76. The Morgan fingerprint density at radius 3 is 3.07 bits per heavy atom. The molecular weight excluding hydrogens is 364 g/mol. The Bertz CT molecular complexity index is 819. The maximum absolute atomic E-state index is 12.8. The van der Waals surface area contributed by atoms with E-state index in [0.29, 0.717) is 24.6 Å². The van der Waals surface area contributed by atoms with Gasteiger partial charge in [0.1, 0.15) is 11.9 Å². The molecule has 150 valence electrons. The van der Waals surface area contributed by atoms with Gasteiger partial charge in [0.25, 0.3) is 5.91 Å². The lowest BCUT2D eigenvalue weighted by atomic mass is 10.2. The average molecular weight is 388 g/mol. The monoisotopic (exact) mass is 388 g/mol. The summed E-state index contributed by atoms with van der Waals surface area (Å²) >= 11 is 0. The van der Waals surface area contributed by atoms with Crippen molar-refractivity contribution in [2.24, 2.45) is 0 Å². The van der Waals surface area contributed by atoms with Crippen LogP contribution in [0.25, 0.3) is 0 Å². The number of H-pyrrole nitrogens is 1. The van der Waals surface area contributed by atoms with Crippen LogP contribution >= 0.6 is 0 Å². The zero-order chi connectivity index (χ0) is 19.7. The summed E-state index contributed by atoms with van der Waals surface area (Å²) in [5.41, 5.74) is 4.25. The molecule has 0 radical (unpaired) electrons. The lowest BCUT2D eigenvalue weighted by Crippen LogP contribution is -2.49. The number of hydroxylamine groups is 1. The number of nitrogens with zero attached hydrogens (tertiary/aromatic N) is 3. The van der Waals surface area contributed by atoms with Crippen molar-refractivity contribution in [3.63, 3.8) is 0 Å². The second-order valence-corrected chi connectivity index (χ2v) is 6.90. The van der Waals surface area contributed by atoms with Crippen LogP contribution in [0.4, 0.5) is 5.82 Å². The van der Waals surface area contributed by atoms with E-state index in [9.17, 15) is 9.59 Å². The number of ether oxygens (including phenoxy) is 1. The van der Waals surface area contributed by atoms with E-state index in [2.05, 4.69) is 22.7 Å². The third kappa shape index (κ3) is 3.32. The lowest BCUT2D eigenvalue weighted by Gasteiger charge is -2.27. The van der Waals surface area contributed by atoms with E-state index in [0.717, 1.165) is 36.1 Å². The lowest BCUT2D eigenvalue weighted by molar-refractivity contribution is -0.181. The smallest absolute Gasteiger partial charge is 0.270 e. The van der Waals surface area contributed by atoms with Crippen LogP contribution in [-0.2, 0) is 9.63 Å². The number of carbonyl (C=O) groups is 2. The third-order valence-corrected chi connectivity index (χ3v) is 5.16. The fourth-order valence-electron chi connectivity index (χ4n) is 3.67. The maximum Gasteiger partial charge on any atom is 0.270 e. The Hall–Kier alpha value is -2.98. The Morgan fingerprint density at radius 1 is 1.50 bits per heavy atom. The van der Waals surface area contributed by atoms with Gasteiger partial charge in [0.2, 0.25) is 6.41 Å². The summed E-state index contributed by atoms with van der Waals surface area (Å²) in [5, 5.41) is 4.05. The van der Waals surface area contributed by atoms with Crippen LogP contribution in [-0.4, -0.2) is 60.0 Å². The molecule has 10 heteroatoms. The normalized spacial score (nSPS) is 23.1. The molecule has 0 aromatic carbocycles. The summed E-state index contributed by atoms with van der Waals surface area (Å²) in [5.74, 6) is 1.39. The molecule has 1 saturated heterocycles. The van der Waals surface area contributed by atoms with Gasteiger partial charge >= 0.3 is 0 Å². The molecule has 28 heavy (non-hydrogen) atoms. The molecule has 1 fully saturated rings. The fraction of sp³-hybridized carbons (Fsp3) is 0.444. The minimum atomic E-state index is -0.351. The number of allylic oxidation sites excluding steroid dienone is 1. The minimum Gasteiger partial charge on any atom is -0.469 e. The molecule has 1 aromatic heterocycles. The van der Waals surface area contributed by atoms with Crippen LogP contribution in [0.15, 0.2) is 30.1 Å². The summed E-state index contributed by atoms with van der Waals surface area (Å²) in [6.07, 6.45) is 7.80. The number of rotatable bonds is 6. The van der Waals surface area contributed by atoms with Crippen molar-refractivity contribution in [2.75, 3.05) is 25.3 Å². The number of nitrogens with one attached hydrogen (secondary N) is 3. The summed E-state index contributed by atoms with van der Waals surface area (Å²) in [7, 11) is 1.39. The van der Waals surface area contributed by atoms with Crippen molar-refractivity contribution < 1.29 is 19.2 Å². The van der Waals surface area contributed by atoms with E-state index in [1.807, 2.05) is 22.0 Å². The van der Waals surface area contributed by atoms with Crippen molar-refractivity contribution in [3.8, 4) is 5.75 Å². The fourth-order valence-corrected chi connectivity index (χ4v) is 3.67. The second-order valence-electron chi connectivity index (χ2n) is 6.90. The highest BCUT2D eigenvalue weighted by Crippen LogP contribution is 2.37. The molecule has 0 saturated carbocycles. The number of dihydropyridines is 1. The molecule has 0 spiro atoms. The van der Waals surface area contributed by atoms with Crippen molar-refractivity contribution in [1.29, 1.82) is 0 Å².